The summed E-state index contributed by atoms with van der Waals surface area (Å²) in [6.07, 6.45) is 3.83. The van der Waals surface area contributed by atoms with Gasteiger partial charge in [-0.3, -0.25) is 9.97 Å². The summed E-state index contributed by atoms with van der Waals surface area (Å²) in [6, 6.07) is 17.5. The van der Waals surface area contributed by atoms with Crippen LogP contribution < -0.4 is 0 Å². The van der Waals surface area contributed by atoms with E-state index >= 15 is 0 Å². The van der Waals surface area contributed by atoms with Gasteiger partial charge in [-0.15, -0.1) is 0 Å². The normalized spacial score (nSPS) is 11.6. The molecule has 2 heterocycles. The van der Waals surface area contributed by atoms with E-state index in [1.165, 1.54) is 33.0 Å². The van der Waals surface area contributed by atoms with E-state index < -0.39 is 0 Å². The zero-order valence-corrected chi connectivity index (χ0v) is 21.0. The van der Waals surface area contributed by atoms with E-state index in [1.54, 1.807) is 0 Å². The van der Waals surface area contributed by atoms with Crippen molar-refractivity contribution in [2.24, 2.45) is 0 Å². The number of hydrogen-bond donors (Lipinski definition) is 0. The Morgan fingerprint density at radius 2 is 0.969 bits per heavy atom. The molecule has 0 amide bonds. The summed E-state index contributed by atoms with van der Waals surface area (Å²) in [4.78, 5) is 8.89. The van der Waals surface area contributed by atoms with Gasteiger partial charge in [0.1, 0.15) is 0 Å². The van der Waals surface area contributed by atoms with Gasteiger partial charge >= 0.3 is 0 Å². The molecule has 2 aromatic heterocycles. The van der Waals surface area contributed by atoms with Crippen LogP contribution in [0.2, 0.25) is 0 Å². The van der Waals surface area contributed by atoms with Crippen LogP contribution in [0.25, 0.3) is 21.8 Å². The molecule has 0 saturated carbocycles. The molecule has 0 bridgehead atoms. The largest absolute Gasteiger partial charge is 0.256 e. The number of aromatic nitrogens is 2. The highest BCUT2D eigenvalue weighted by Crippen LogP contribution is 2.28. The maximum Gasteiger partial charge on any atom is 0.0707 e. The second-order valence-electron chi connectivity index (χ2n) is 9.97. The van der Waals surface area contributed by atoms with Crippen molar-refractivity contribution in [3.05, 3.63) is 83.2 Å². The summed E-state index contributed by atoms with van der Waals surface area (Å²) in [5.74, 6) is 2.24. The molecule has 0 saturated heterocycles. The number of rotatable bonds is 4. The van der Waals surface area contributed by atoms with Gasteiger partial charge in [0.15, 0.2) is 0 Å². The maximum atomic E-state index is 4.47. The summed E-state index contributed by atoms with van der Waals surface area (Å²) in [5, 5.41) is 2.60. The summed E-state index contributed by atoms with van der Waals surface area (Å²) >= 11 is 0. The summed E-state index contributed by atoms with van der Waals surface area (Å²) in [6.45, 7) is 17.8. The molecule has 4 aromatic rings. The smallest absolute Gasteiger partial charge is 0.0707 e. The van der Waals surface area contributed by atoms with Crippen LogP contribution in [0.4, 0.5) is 0 Å². The van der Waals surface area contributed by atoms with E-state index in [0.717, 1.165) is 11.0 Å². The van der Waals surface area contributed by atoms with Crippen LogP contribution in [-0.4, -0.2) is 9.97 Å². The van der Waals surface area contributed by atoms with Crippen molar-refractivity contribution in [2.45, 2.75) is 79.1 Å². The maximum absolute atomic E-state index is 4.47. The van der Waals surface area contributed by atoms with E-state index in [0.29, 0.717) is 23.7 Å². The number of benzene rings is 2. The van der Waals surface area contributed by atoms with Crippen molar-refractivity contribution >= 4 is 21.8 Å². The molecule has 2 heteroatoms. The average Bonchev–Trinajstić information content (AvgIpc) is 2.77. The molecule has 2 nitrogen and oxygen atoms in total. The zero-order valence-electron chi connectivity index (χ0n) is 21.0. The lowest BCUT2D eigenvalue weighted by Gasteiger charge is -2.12. The Balaban J connectivity index is 0.000000181. The van der Waals surface area contributed by atoms with Gasteiger partial charge in [-0.05, 0) is 76.3 Å². The molecule has 0 radical (unpaired) electrons. The number of nitrogens with zero attached hydrogens (tertiary/aromatic N) is 2. The molecular formula is C30H38N2. The van der Waals surface area contributed by atoms with E-state index in [1.807, 2.05) is 12.4 Å². The van der Waals surface area contributed by atoms with Gasteiger partial charge in [0.25, 0.3) is 0 Å². The average molecular weight is 427 g/mol. The Kier molecular flexibility index (Phi) is 7.66. The third kappa shape index (κ3) is 5.35. The van der Waals surface area contributed by atoms with Crippen molar-refractivity contribution in [3.63, 3.8) is 0 Å². The fourth-order valence-corrected chi connectivity index (χ4v) is 4.10. The van der Waals surface area contributed by atoms with Crippen LogP contribution in [-0.2, 0) is 0 Å². The molecule has 4 rings (SSSR count). The predicted octanol–water partition coefficient (Wildman–Crippen LogP) is 8.96. The fourth-order valence-electron chi connectivity index (χ4n) is 4.10. The Hall–Kier alpha value is -2.74. The SMILES string of the molecule is CC(C)c1ccc2c(C(C)C)ccnc2c1.CC(C)c1ccc2nccc(C(C)C)c2c1. The van der Waals surface area contributed by atoms with Gasteiger partial charge in [0.2, 0.25) is 0 Å². The molecular weight excluding hydrogens is 388 g/mol. The van der Waals surface area contributed by atoms with Crippen LogP contribution in [0.15, 0.2) is 60.9 Å². The number of fused-ring (bicyclic) bond motifs is 2. The molecule has 0 aliphatic rings. The lowest BCUT2D eigenvalue weighted by molar-refractivity contribution is 0.861. The molecule has 0 spiro atoms. The van der Waals surface area contributed by atoms with Crippen LogP contribution >= 0.6 is 0 Å². The van der Waals surface area contributed by atoms with Crippen molar-refractivity contribution in [2.75, 3.05) is 0 Å². The Bertz CT molecular complexity index is 1190. The van der Waals surface area contributed by atoms with Gasteiger partial charge in [-0.2, -0.15) is 0 Å². The van der Waals surface area contributed by atoms with E-state index in [-0.39, 0.29) is 0 Å². The molecule has 2 aromatic carbocycles. The minimum Gasteiger partial charge on any atom is -0.256 e. The highest BCUT2D eigenvalue weighted by molar-refractivity contribution is 5.84. The zero-order chi connectivity index (χ0) is 23.4. The second-order valence-corrected chi connectivity index (χ2v) is 9.97. The highest BCUT2D eigenvalue weighted by atomic mass is 14.6. The van der Waals surface area contributed by atoms with E-state index in [4.69, 9.17) is 0 Å². The summed E-state index contributed by atoms with van der Waals surface area (Å²) in [7, 11) is 0. The minimum absolute atomic E-state index is 0.549. The quantitative estimate of drug-likeness (QED) is 0.325. The first-order chi connectivity index (χ1) is 15.2. The molecule has 168 valence electrons. The van der Waals surface area contributed by atoms with E-state index in [9.17, 15) is 0 Å². The van der Waals surface area contributed by atoms with Crippen molar-refractivity contribution in [1.29, 1.82) is 0 Å². The third-order valence-corrected chi connectivity index (χ3v) is 6.18. The lowest BCUT2D eigenvalue weighted by Crippen LogP contribution is -1.94. The Labute approximate surface area is 194 Å². The van der Waals surface area contributed by atoms with Gasteiger partial charge in [0.05, 0.1) is 11.0 Å². The van der Waals surface area contributed by atoms with Crippen LogP contribution in [0.5, 0.6) is 0 Å². The van der Waals surface area contributed by atoms with Gasteiger partial charge in [-0.25, -0.2) is 0 Å². The Morgan fingerprint density at radius 1 is 0.469 bits per heavy atom. The monoisotopic (exact) mass is 426 g/mol. The van der Waals surface area contributed by atoms with Gasteiger partial charge in [-0.1, -0.05) is 73.6 Å². The molecule has 0 atom stereocenters. The Morgan fingerprint density at radius 3 is 1.53 bits per heavy atom. The minimum atomic E-state index is 0.549. The molecule has 0 fully saturated rings. The molecule has 0 aliphatic heterocycles. The van der Waals surface area contributed by atoms with Crippen LogP contribution in [0, 0.1) is 0 Å². The predicted molar refractivity (Wildman–Crippen MR) is 140 cm³/mol. The van der Waals surface area contributed by atoms with Gasteiger partial charge in [0, 0.05) is 23.2 Å². The summed E-state index contributed by atoms with van der Waals surface area (Å²) in [5.41, 5.74) is 7.77. The van der Waals surface area contributed by atoms with Crippen LogP contribution in [0.3, 0.4) is 0 Å². The third-order valence-electron chi connectivity index (χ3n) is 6.18. The van der Waals surface area contributed by atoms with Crippen LogP contribution in [0.1, 0.15) is 101 Å². The molecule has 0 unspecified atom stereocenters. The number of hydrogen-bond acceptors (Lipinski definition) is 2. The van der Waals surface area contributed by atoms with Gasteiger partial charge < -0.3 is 0 Å². The molecule has 0 N–H and O–H groups in total. The second kappa shape index (κ2) is 10.3. The first-order valence-electron chi connectivity index (χ1n) is 12.0. The first kappa shape index (κ1) is 23.9. The fraction of sp³-hybridized carbons (Fsp3) is 0.400. The highest BCUT2D eigenvalue weighted by Gasteiger charge is 2.08. The van der Waals surface area contributed by atoms with Crippen molar-refractivity contribution in [3.8, 4) is 0 Å². The van der Waals surface area contributed by atoms with E-state index in [2.05, 4.69) is 114 Å². The molecule has 0 aliphatic carbocycles. The van der Waals surface area contributed by atoms with Crippen molar-refractivity contribution in [1.82, 2.24) is 9.97 Å². The first-order valence-corrected chi connectivity index (χ1v) is 12.0. The standard InChI is InChI=1S/2C15H19N/c1-10(2)12-5-6-15-14(9-12)13(11(3)4)7-8-16-15;1-10(2)12-5-6-14-13(11(3)4)7-8-16-15(14)9-12/h2*5-11H,1-4H3. The topological polar surface area (TPSA) is 25.8 Å². The summed E-state index contributed by atoms with van der Waals surface area (Å²) < 4.78 is 0. The lowest BCUT2D eigenvalue weighted by atomic mass is 9.95. The van der Waals surface area contributed by atoms with Crippen molar-refractivity contribution < 1.29 is 0 Å². The number of pyridine rings is 2. The molecule has 32 heavy (non-hydrogen) atoms.